The molecule has 0 spiro atoms. The van der Waals surface area contributed by atoms with Crippen molar-refractivity contribution < 1.29 is 93.2 Å². The van der Waals surface area contributed by atoms with Gasteiger partial charge < -0.3 is 13.7 Å². The molecule has 0 aliphatic rings. The van der Waals surface area contributed by atoms with Crippen molar-refractivity contribution in [1.29, 1.82) is 0 Å². The van der Waals surface area contributed by atoms with Crippen LogP contribution >= 0.6 is 0 Å². The summed E-state index contributed by atoms with van der Waals surface area (Å²) in [5, 5.41) is 35.8. The molecule has 60 heavy (non-hydrogen) atoms. The van der Waals surface area contributed by atoms with E-state index in [2.05, 4.69) is 0 Å². The lowest BCUT2D eigenvalue weighted by Gasteiger charge is -2.30. The number of hydrogen-bond acceptors (Lipinski definition) is 15. The third-order valence-electron chi connectivity index (χ3n) is 8.42. The van der Waals surface area contributed by atoms with Crippen LogP contribution in [0.4, 0.5) is 56.6 Å². The summed E-state index contributed by atoms with van der Waals surface area (Å²) in [5.41, 5.74) is -24.6. The maximum absolute atomic E-state index is 14.3. The van der Waals surface area contributed by atoms with Gasteiger partial charge in [0.2, 0.25) is 0 Å². The SMILES string of the molecule is O=[N+]([O-])c1cccc(C(F)(F)F)c1Cc1c(S(=O)(=O)[O-])c(Cc2c([N+](=O)[O-])cccc2C(F)(F)F)c(S(=O)(=O)[O-])c(Cc2c([N+](=O)[O-])cccc2C(F)(F)F)c1S(=O)(=O)[O-]. The van der Waals surface area contributed by atoms with Crippen LogP contribution in [0.1, 0.15) is 50.1 Å². The Morgan fingerprint density at radius 2 is 0.600 bits per heavy atom. The molecule has 0 saturated heterocycles. The van der Waals surface area contributed by atoms with Crippen molar-refractivity contribution in [3.05, 3.63) is 135 Å². The molecular weight excluding hydrogens is 910 g/mol. The molecule has 4 aromatic rings. The van der Waals surface area contributed by atoms with Crippen LogP contribution in [0.5, 0.6) is 0 Å². The van der Waals surface area contributed by atoms with E-state index in [0.717, 1.165) is 0 Å². The number of nitrogens with zero attached hydrogens (tertiary/aromatic N) is 3. The molecule has 0 radical (unpaired) electrons. The first-order valence-corrected chi connectivity index (χ1v) is 19.4. The molecular formula is C30H15F9N3O15S3-3. The third-order valence-corrected chi connectivity index (χ3v) is 11.4. The summed E-state index contributed by atoms with van der Waals surface area (Å²) in [6.45, 7) is 0. The second-order valence-electron chi connectivity index (χ2n) is 12.0. The Hall–Kier alpha value is -5.82. The first kappa shape index (κ1) is 46.9. The highest BCUT2D eigenvalue weighted by Crippen LogP contribution is 2.47. The second-order valence-corrected chi connectivity index (χ2v) is 15.9. The van der Waals surface area contributed by atoms with Gasteiger partial charge in [-0.25, -0.2) is 25.3 Å². The summed E-state index contributed by atoms with van der Waals surface area (Å²) in [6.07, 6.45) is -24.6. The normalized spacial score (nSPS) is 13.0. The Labute approximate surface area is 327 Å². The summed E-state index contributed by atoms with van der Waals surface area (Å²) in [5.74, 6) is 0. The van der Waals surface area contributed by atoms with Crippen molar-refractivity contribution >= 4 is 47.4 Å². The molecule has 0 heterocycles. The van der Waals surface area contributed by atoms with E-state index in [1.165, 1.54) is 0 Å². The van der Waals surface area contributed by atoms with E-state index in [1.54, 1.807) is 0 Å². The van der Waals surface area contributed by atoms with Gasteiger partial charge in [-0.1, -0.05) is 18.2 Å². The Bertz CT molecular complexity index is 2500. The zero-order valence-electron chi connectivity index (χ0n) is 28.4. The molecule has 0 N–H and O–H groups in total. The molecule has 324 valence electrons. The molecule has 0 saturated carbocycles. The van der Waals surface area contributed by atoms with E-state index in [9.17, 15) is 109 Å². The fourth-order valence-electron chi connectivity index (χ4n) is 6.36. The van der Waals surface area contributed by atoms with Gasteiger partial charge in [0, 0.05) is 54.2 Å². The number of benzene rings is 4. The minimum absolute atomic E-state index is 0.00321. The minimum atomic E-state index is -7.02. The molecule has 4 rings (SSSR count). The van der Waals surface area contributed by atoms with Crippen molar-refractivity contribution in [2.24, 2.45) is 0 Å². The van der Waals surface area contributed by atoms with Gasteiger partial charge in [-0.3, -0.25) is 30.3 Å². The number of nitro benzene ring substituents is 3. The van der Waals surface area contributed by atoms with Gasteiger partial charge in [-0.15, -0.1) is 0 Å². The molecule has 0 bridgehead atoms. The van der Waals surface area contributed by atoms with E-state index >= 15 is 0 Å². The highest BCUT2D eigenvalue weighted by molar-refractivity contribution is 7.87. The van der Waals surface area contributed by atoms with Crippen LogP contribution in [0, 0.1) is 30.3 Å². The second kappa shape index (κ2) is 15.7. The van der Waals surface area contributed by atoms with E-state index in [0.29, 0.717) is 18.2 Å². The number of halogens is 9. The zero-order chi connectivity index (χ0) is 45.9. The monoisotopic (exact) mass is 924 g/mol. The summed E-state index contributed by atoms with van der Waals surface area (Å²) in [7, 11) is -21.1. The van der Waals surface area contributed by atoms with Crippen LogP contribution < -0.4 is 0 Å². The van der Waals surface area contributed by atoms with Crippen LogP contribution in [0.25, 0.3) is 0 Å². The summed E-state index contributed by atoms with van der Waals surface area (Å²) < 4.78 is 247. The predicted octanol–water partition coefficient (Wildman–Crippen LogP) is 5.95. The Morgan fingerprint density at radius 1 is 0.400 bits per heavy atom. The molecule has 0 aliphatic heterocycles. The van der Waals surface area contributed by atoms with E-state index < -0.39 is 165 Å². The molecule has 30 heteroatoms. The van der Waals surface area contributed by atoms with Gasteiger partial charge in [0.15, 0.2) is 0 Å². The van der Waals surface area contributed by atoms with Crippen LogP contribution in [0.3, 0.4) is 0 Å². The lowest BCUT2D eigenvalue weighted by Crippen LogP contribution is -2.24. The molecule has 0 amide bonds. The molecule has 0 aromatic heterocycles. The first-order valence-electron chi connectivity index (χ1n) is 15.2. The van der Waals surface area contributed by atoms with Gasteiger partial charge in [-0.05, 0) is 34.9 Å². The third kappa shape index (κ3) is 9.46. The lowest BCUT2D eigenvalue weighted by molar-refractivity contribution is -0.385. The van der Waals surface area contributed by atoms with Crippen molar-refractivity contribution in [1.82, 2.24) is 0 Å². The van der Waals surface area contributed by atoms with Crippen molar-refractivity contribution in [3.8, 4) is 0 Å². The van der Waals surface area contributed by atoms with E-state index in [4.69, 9.17) is 0 Å². The number of nitro groups is 3. The van der Waals surface area contributed by atoms with Crippen LogP contribution in [0.2, 0.25) is 0 Å². The number of hydrogen-bond donors (Lipinski definition) is 0. The van der Waals surface area contributed by atoms with Crippen LogP contribution in [-0.2, 0) is 68.1 Å². The Kier molecular flexibility index (Phi) is 12.2. The fraction of sp³-hybridized carbons (Fsp3) is 0.200. The van der Waals surface area contributed by atoms with E-state index in [1.807, 2.05) is 0 Å². The summed E-state index contributed by atoms with van der Waals surface area (Å²) in [6, 6.07) is 1.71. The van der Waals surface area contributed by atoms with Gasteiger partial charge in [0.1, 0.15) is 30.4 Å². The number of alkyl halides is 9. The van der Waals surface area contributed by atoms with Crippen molar-refractivity contribution in [2.45, 2.75) is 52.5 Å². The fourth-order valence-corrected chi connectivity index (χ4v) is 9.41. The average molecular weight is 925 g/mol. The molecule has 0 atom stereocenters. The van der Waals surface area contributed by atoms with Gasteiger partial charge in [0.05, 0.1) is 46.1 Å². The lowest BCUT2D eigenvalue weighted by atomic mass is 9.89. The molecule has 0 aliphatic carbocycles. The zero-order valence-corrected chi connectivity index (χ0v) is 30.9. The molecule has 4 aromatic carbocycles. The summed E-state index contributed by atoms with van der Waals surface area (Å²) in [4.78, 5) is 22.8. The van der Waals surface area contributed by atoms with Crippen molar-refractivity contribution in [3.63, 3.8) is 0 Å². The minimum Gasteiger partial charge on any atom is -0.744 e. The Balaban J connectivity index is 2.53. The summed E-state index contributed by atoms with van der Waals surface area (Å²) >= 11 is 0. The van der Waals surface area contributed by atoms with Crippen molar-refractivity contribution in [2.75, 3.05) is 0 Å². The predicted molar refractivity (Wildman–Crippen MR) is 173 cm³/mol. The molecule has 18 nitrogen and oxygen atoms in total. The molecule has 0 fully saturated rings. The topological polar surface area (TPSA) is 301 Å². The standard InChI is InChI=1S/C30H18F9N3O15S3/c31-28(32,33)19-4-1-7-22(40(43)44)13(19)10-16-25(58(49,50)51)17(11-14-20(29(34,35)36)5-2-8-23(14)41(45)46)27(60(55,56)57)18(26(16)59(52,53)54)12-15-21(30(37,38)39)6-3-9-24(15)42(47)48/h1-9H,10-12H2,(H,49,50,51)(H,52,53,54)(H,55,56,57)/p-3. The highest BCUT2D eigenvalue weighted by atomic mass is 32.2. The van der Waals surface area contributed by atoms with Crippen LogP contribution in [0.15, 0.2) is 69.3 Å². The van der Waals surface area contributed by atoms with Gasteiger partial charge >= 0.3 is 18.5 Å². The number of rotatable bonds is 12. The Morgan fingerprint density at radius 3 is 0.750 bits per heavy atom. The van der Waals surface area contributed by atoms with E-state index in [-0.39, 0.29) is 36.4 Å². The quantitative estimate of drug-likeness (QED) is 0.0686. The van der Waals surface area contributed by atoms with Gasteiger partial charge in [0.25, 0.3) is 17.1 Å². The van der Waals surface area contributed by atoms with Gasteiger partial charge in [-0.2, -0.15) is 39.5 Å². The maximum Gasteiger partial charge on any atom is 0.416 e. The maximum atomic E-state index is 14.3. The molecule has 0 unspecified atom stereocenters. The average Bonchev–Trinajstić information content (AvgIpc) is 3.04. The van der Waals surface area contributed by atoms with Crippen LogP contribution in [-0.4, -0.2) is 53.7 Å². The first-order chi connectivity index (χ1) is 27.1. The highest BCUT2D eigenvalue weighted by Gasteiger charge is 2.43. The smallest absolute Gasteiger partial charge is 0.416 e. The largest absolute Gasteiger partial charge is 0.744 e.